The van der Waals surface area contributed by atoms with E-state index in [2.05, 4.69) is 28.2 Å². The molecule has 1 aromatic carbocycles. The molecule has 0 aliphatic carbocycles. The summed E-state index contributed by atoms with van der Waals surface area (Å²) in [4.78, 5) is 16.7. The summed E-state index contributed by atoms with van der Waals surface area (Å²) >= 11 is 6.47. The Balaban J connectivity index is 1.59. The number of nitrogens with one attached hydrogen (secondary N) is 1. The van der Waals surface area contributed by atoms with Crippen LogP contribution in [0.15, 0.2) is 18.2 Å². The molecule has 1 amide bonds. The first-order chi connectivity index (χ1) is 12.5. The van der Waals surface area contributed by atoms with Crippen LogP contribution in [0.5, 0.6) is 0 Å². The van der Waals surface area contributed by atoms with Crippen LogP contribution in [0.2, 0.25) is 5.02 Å². The van der Waals surface area contributed by atoms with Gasteiger partial charge in [-0.1, -0.05) is 17.7 Å². The van der Waals surface area contributed by atoms with Gasteiger partial charge >= 0.3 is 0 Å². The summed E-state index contributed by atoms with van der Waals surface area (Å²) in [6.07, 6.45) is 2.52. The molecule has 0 bridgehead atoms. The summed E-state index contributed by atoms with van der Waals surface area (Å²) in [7, 11) is 4.16. The van der Waals surface area contributed by atoms with E-state index in [-0.39, 0.29) is 11.4 Å². The Morgan fingerprint density at radius 2 is 2.12 bits per heavy atom. The van der Waals surface area contributed by atoms with Crippen LogP contribution in [0.1, 0.15) is 25.0 Å². The number of halogens is 1. The lowest BCUT2D eigenvalue weighted by atomic mass is 9.86. The maximum atomic E-state index is 11.8. The van der Waals surface area contributed by atoms with Crippen LogP contribution in [0.25, 0.3) is 10.9 Å². The van der Waals surface area contributed by atoms with E-state index in [0.717, 1.165) is 67.2 Å². The van der Waals surface area contributed by atoms with Crippen molar-refractivity contribution in [3.05, 3.63) is 28.9 Å². The first kappa shape index (κ1) is 17.8. The number of aromatic nitrogens is 2. The number of amides is 1. The molecule has 1 N–H and O–H groups in total. The highest BCUT2D eigenvalue weighted by Gasteiger charge is 2.41. The zero-order valence-electron chi connectivity index (χ0n) is 15.5. The highest BCUT2D eigenvalue weighted by atomic mass is 35.5. The largest absolute Gasteiger partial charge is 0.356 e. The highest BCUT2D eigenvalue weighted by molar-refractivity contribution is 6.35. The van der Waals surface area contributed by atoms with E-state index in [1.807, 2.05) is 23.9 Å². The SMILES string of the molecule is CN1CCN(Cc2nn(C)c3cccc(Cl)c23)C[C@@]12CCNC(=O)CC2. The van der Waals surface area contributed by atoms with E-state index in [1.54, 1.807) is 0 Å². The summed E-state index contributed by atoms with van der Waals surface area (Å²) in [6.45, 7) is 4.52. The van der Waals surface area contributed by atoms with Gasteiger partial charge in [0.1, 0.15) is 0 Å². The molecule has 0 unspecified atom stereocenters. The van der Waals surface area contributed by atoms with Gasteiger partial charge in [0.05, 0.1) is 16.2 Å². The molecule has 2 aliphatic rings. The molecule has 26 heavy (non-hydrogen) atoms. The van der Waals surface area contributed by atoms with E-state index in [1.165, 1.54) is 0 Å². The molecule has 1 aromatic heterocycles. The Morgan fingerprint density at radius 3 is 2.96 bits per heavy atom. The van der Waals surface area contributed by atoms with Crippen molar-refractivity contribution < 1.29 is 4.79 Å². The smallest absolute Gasteiger partial charge is 0.220 e. The molecule has 1 atom stereocenters. The van der Waals surface area contributed by atoms with Crippen LogP contribution in [-0.2, 0) is 18.4 Å². The maximum Gasteiger partial charge on any atom is 0.220 e. The predicted octanol–water partition coefficient (Wildman–Crippen LogP) is 2.01. The number of piperazine rings is 1. The van der Waals surface area contributed by atoms with Crippen molar-refractivity contribution in [2.75, 3.05) is 33.2 Å². The summed E-state index contributed by atoms with van der Waals surface area (Å²) in [5.74, 6) is 0.176. The number of fused-ring (bicyclic) bond motifs is 1. The fraction of sp³-hybridized carbons (Fsp3) is 0.579. The lowest BCUT2D eigenvalue weighted by Crippen LogP contribution is -2.60. The van der Waals surface area contributed by atoms with Crippen molar-refractivity contribution in [3.63, 3.8) is 0 Å². The fourth-order valence-corrected chi connectivity index (χ4v) is 4.77. The Morgan fingerprint density at radius 1 is 1.27 bits per heavy atom. The third-order valence-electron chi connectivity index (χ3n) is 6.08. The number of likely N-dealkylation sites (N-methyl/N-ethyl adjacent to an activating group) is 1. The van der Waals surface area contributed by atoms with Gasteiger partial charge in [-0.05, 0) is 32.0 Å². The Labute approximate surface area is 159 Å². The standard InChI is InChI=1S/C19H26ClN5O/c1-23-10-11-25(13-19(23)7-6-17(26)21-9-8-19)12-15-18-14(20)4-3-5-16(18)24(2)22-15/h3-5H,6-13H2,1-2H3,(H,21,26)/t19-/m1/s1. The molecule has 2 aliphatic heterocycles. The maximum absolute atomic E-state index is 11.8. The van der Waals surface area contributed by atoms with Gasteiger partial charge < -0.3 is 5.32 Å². The minimum Gasteiger partial charge on any atom is -0.356 e. The molecule has 0 radical (unpaired) electrons. The van der Waals surface area contributed by atoms with Crippen LogP contribution in [0.4, 0.5) is 0 Å². The predicted molar refractivity (Wildman–Crippen MR) is 103 cm³/mol. The van der Waals surface area contributed by atoms with Crippen LogP contribution >= 0.6 is 11.6 Å². The number of carbonyl (C=O) groups excluding carboxylic acids is 1. The van der Waals surface area contributed by atoms with Crippen LogP contribution < -0.4 is 5.32 Å². The number of benzene rings is 1. The van der Waals surface area contributed by atoms with Crippen molar-refractivity contribution in [3.8, 4) is 0 Å². The normalized spacial score (nSPS) is 25.6. The molecule has 4 rings (SSSR count). The van der Waals surface area contributed by atoms with Gasteiger partial charge in [-0.3, -0.25) is 19.3 Å². The molecule has 2 aromatic rings. The Hall–Kier alpha value is -1.63. The molecular formula is C19H26ClN5O. The molecule has 7 heteroatoms. The summed E-state index contributed by atoms with van der Waals surface area (Å²) in [5, 5.41) is 9.58. The van der Waals surface area contributed by atoms with Gasteiger partial charge in [0.25, 0.3) is 0 Å². The van der Waals surface area contributed by atoms with Gasteiger partial charge in [0.15, 0.2) is 0 Å². The number of aryl methyl sites for hydroxylation is 1. The molecular weight excluding hydrogens is 350 g/mol. The van der Waals surface area contributed by atoms with E-state index >= 15 is 0 Å². The van der Waals surface area contributed by atoms with Crippen molar-refractivity contribution in [2.24, 2.45) is 7.05 Å². The first-order valence-corrected chi connectivity index (χ1v) is 9.67. The summed E-state index contributed by atoms with van der Waals surface area (Å²) in [6, 6.07) is 5.96. The Kier molecular flexibility index (Phi) is 4.67. The average molecular weight is 376 g/mol. The third kappa shape index (κ3) is 3.10. The van der Waals surface area contributed by atoms with Gasteiger partial charge in [0.2, 0.25) is 5.91 Å². The monoisotopic (exact) mass is 375 g/mol. The van der Waals surface area contributed by atoms with Crippen LogP contribution in [0.3, 0.4) is 0 Å². The van der Waals surface area contributed by atoms with Crippen molar-refractivity contribution >= 4 is 28.4 Å². The molecule has 3 heterocycles. The average Bonchev–Trinajstić information content (AvgIpc) is 2.81. The quantitative estimate of drug-likeness (QED) is 0.872. The van der Waals surface area contributed by atoms with Gasteiger partial charge in [-0.2, -0.15) is 5.10 Å². The molecule has 140 valence electrons. The summed E-state index contributed by atoms with van der Waals surface area (Å²) in [5.41, 5.74) is 2.17. The van der Waals surface area contributed by atoms with E-state index in [9.17, 15) is 4.79 Å². The topological polar surface area (TPSA) is 53.4 Å². The number of hydrogen-bond donors (Lipinski definition) is 1. The van der Waals surface area contributed by atoms with Gasteiger partial charge in [-0.25, -0.2) is 0 Å². The molecule has 2 fully saturated rings. The minimum absolute atomic E-state index is 0.0613. The van der Waals surface area contributed by atoms with Crippen molar-refractivity contribution in [1.29, 1.82) is 0 Å². The molecule has 6 nitrogen and oxygen atoms in total. The van der Waals surface area contributed by atoms with Crippen LogP contribution in [0, 0.1) is 0 Å². The highest BCUT2D eigenvalue weighted by Crippen LogP contribution is 2.32. The molecule has 0 saturated carbocycles. The third-order valence-corrected chi connectivity index (χ3v) is 6.40. The van der Waals surface area contributed by atoms with Gasteiger partial charge in [0, 0.05) is 57.1 Å². The van der Waals surface area contributed by atoms with E-state index in [4.69, 9.17) is 16.7 Å². The minimum atomic E-state index is 0.0613. The zero-order valence-corrected chi connectivity index (χ0v) is 16.2. The second-order valence-electron chi connectivity index (χ2n) is 7.66. The lowest BCUT2D eigenvalue weighted by molar-refractivity contribution is -0.121. The van der Waals surface area contributed by atoms with E-state index < -0.39 is 0 Å². The second kappa shape index (κ2) is 6.83. The first-order valence-electron chi connectivity index (χ1n) is 9.29. The number of carbonyl (C=O) groups is 1. The molecule has 1 spiro atoms. The van der Waals surface area contributed by atoms with Gasteiger partial charge in [-0.15, -0.1) is 0 Å². The van der Waals surface area contributed by atoms with Crippen molar-refractivity contribution in [2.45, 2.75) is 31.3 Å². The lowest BCUT2D eigenvalue weighted by Gasteiger charge is -2.49. The number of hydrogen-bond acceptors (Lipinski definition) is 4. The Bertz CT molecular complexity index is 835. The van der Waals surface area contributed by atoms with E-state index in [0.29, 0.717) is 6.42 Å². The zero-order chi connectivity index (χ0) is 18.3. The second-order valence-corrected chi connectivity index (χ2v) is 8.07. The summed E-state index contributed by atoms with van der Waals surface area (Å²) < 4.78 is 1.91. The number of nitrogens with zero attached hydrogens (tertiary/aromatic N) is 4. The van der Waals surface area contributed by atoms with Crippen LogP contribution in [-0.4, -0.2) is 64.3 Å². The number of rotatable bonds is 2. The fourth-order valence-electron chi connectivity index (χ4n) is 4.49. The van der Waals surface area contributed by atoms with Crippen molar-refractivity contribution in [1.82, 2.24) is 24.9 Å². The molecule has 2 saturated heterocycles.